The van der Waals surface area contributed by atoms with Gasteiger partial charge in [0.15, 0.2) is 5.79 Å². The van der Waals surface area contributed by atoms with Gasteiger partial charge in [0, 0.05) is 37.6 Å². The lowest BCUT2D eigenvalue weighted by Crippen LogP contribution is -2.47. The van der Waals surface area contributed by atoms with Crippen molar-refractivity contribution in [1.29, 1.82) is 0 Å². The van der Waals surface area contributed by atoms with Gasteiger partial charge in [-0.3, -0.25) is 14.9 Å². The number of hydrogen-bond acceptors (Lipinski definition) is 7. The van der Waals surface area contributed by atoms with Gasteiger partial charge in [-0.1, -0.05) is 0 Å². The molecule has 26 heavy (non-hydrogen) atoms. The average molecular weight is 359 g/mol. The fourth-order valence-corrected chi connectivity index (χ4v) is 3.35. The summed E-state index contributed by atoms with van der Waals surface area (Å²) in [5, 5.41) is 15.3. The van der Waals surface area contributed by atoms with Crippen LogP contribution in [0.25, 0.3) is 5.69 Å². The summed E-state index contributed by atoms with van der Waals surface area (Å²) in [7, 11) is 0. The molecule has 2 aliphatic rings. The van der Waals surface area contributed by atoms with Crippen LogP contribution in [0, 0.1) is 10.1 Å². The predicted octanol–water partition coefficient (Wildman–Crippen LogP) is 1.15. The van der Waals surface area contributed by atoms with Crippen molar-refractivity contribution in [1.82, 2.24) is 19.7 Å². The van der Waals surface area contributed by atoms with Gasteiger partial charge in [-0.2, -0.15) is 5.10 Å². The number of piperidine rings is 1. The molecular formula is C16H17N5O5. The molecule has 0 aliphatic carbocycles. The van der Waals surface area contributed by atoms with Gasteiger partial charge in [-0.25, -0.2) is 9.67 Å². The van der Waals surface area contributed by atoms with E-state index in [2.05, 4.69) is 10.1 Å². The van der Waals surface area contributed by atoms with Crippen molar-refractivity contribution >= 4 is 11.6 Å². The number of ether oxygens (including phenoxy) is 2. The van der Waals surface area contributed by atoms with E-state index < -0.39 is 10.7 Å². The van der Waals surface area contributed by atoms with Gasteiger partial charge < -0.3 is 14.4 Å². The Bertz CT molecular complexity index is 822. The van der Waals surface area contributed by atoms with Crippen LogP contribution in [0.4, 0.5) is 5.69 Å². The van der Waals surface area contributed by atoms with Crippen LogP contribution in [0.3, 0.4) is 0 Å². The third kappa shape index (κ3) is 2.93. The van der Waals surface area contributed by atoms with Crippen molar-refractivity contribution < 1.29 is 19.2 Å². The zero-order valence-corrected chi connectivity index (χ0v) is 13.9. The third-order valence-electron chi connectivity index (χ3n) is 4.71. The Balaban J connectivity index is 1.55. The number of rotatable bonds is 3. The molecule has 1 amide bonds. The SMILES string of the molecule is O=C(c1ccc(-n2cncn2)c([N+](=O)[O-])c1)N1CCC2(CC1)OCCO2. The van der Waals surface area contributed by atoms with E-state index in [-0.39, 0.29) is 22.8 Å². The maximum Gasteiger partial charge on any atom is 0.295 e. The first-order valence-electron chi connectivity index (χ1n) is 8.29. The number of hydrogen-bond donors (Lipinski definition) is 0. The number of amides is 1. The fourth-order valence-electron chi connectivity index (χ4n) is 3.35. The molecule has 2 aromatic rings. The molecule has 2 aliphatic heterocycles. The van der Waals surface area contributed by atoms with Crippen LogP contribution in [0.2, 0.25) is 0 Å². The van der Waals surface area contributed by atoms with Crippen LogP contribution in [0.15, 0.2) is 30.9 Å². The summed E-state index contributed by atoms with van der Waals surface area (Å²) in [5.41, 5.74) is 0.330. The smallest absolute Gasteiger partial charge is 0.295 e. The van der Waals surface area contributed by atoms with E-state index in [0.29, 0.717) is 39.1 Å². The first-order valence-corrected chi connectivity index (χ1v) is 8.29. The highest BCUT2D eigenvalue weighted by atomic mass is 16.7. The minimum absolute atomic E-state index is 0.197. The minimum atomic E-state index is -0.570. The molecule has 136 valence electrons. The van der Waals surface area contributed by atoms with Gasteiger partial charge in [0.1, 0.15) is 18.3 Å². The molecule has 2 fully saturated rings. The van der Waals surface area contributed by atoms with E-state index in [4.69, 9.17) is 9.47 Å². The van der Waals surface area contributed by atoms with Gasteiger partial charge in [-0.05, 0) is 12.1 Å². The topological polar surface area (TPSA) is 113 Å². The molecule has 0 N–H and O–H groups in total. The Labute approximate surface area is 148 Å². The number of benzene rings is 1. The van der Waals surface area contributed by atoms with Crippen molar-refractivity contribution in [3.8, 4) is 5.69 Å². The average Bonchev–Trinajstić information content (AvgIpc) is 3.34. The van der Waals surface area contributed by atoms with Crippen LogP contribution in [-0.4, -0.2) is 62.6 Å². The van der Waals surface area contributed by atoms with Gasteiger partial charge in [0.25, 0.3) is 11.6 Å². The van der Waals surface area contributed by atoms with Gasteiger partial charge >= 0.3 is 0 Å². The van der Waals surface area contributed by atoms with Gasteiger partial charge in [-0.15, -0.1) is 0 Å². The number of aromatic nitrogens is 3. The summed E-state index contributed by atoms with van der Waals surface area (Å²) in [5.74, 6) is -0.814. The first kappa shape index (κ1) is 16.6. The molecular weight excluding hydrogens is 342 g/mol. The Morgan fingerprint density at radius 2 is 1.96 bits per heavy atom. The number of likely N-dealkylation sites (tertiary alicyclic amines) is 1. The van der Waals surface area contributed by atoms with Crippen LogP contribution in [0.5, 0.6) is 0 Å². The minimum Gasteiger partial charge on any atom is -0.347 e. The molecule has 0 unspecified atom stereocenters. The number of nitro groups is 1. The molecule has 4 rings (SSSR count). The van der Waals surface area contributed by atoms with Crippen LogP contribution < -0.4 is 0 Å². The second-order valence-corrected chi connectivity index (χ2v) is 6.20. The number of carbonyl (C=O) groups excluding carboxylic acids is 1. The van der Waals surface area contributed by atoms with Gasteiger partial charge in [0.05, 0.1) is 18.1 Å². The standard InChI is InChI=1S/C16H17N5O5/c22-15(19-5-3-16(4-6-19)25-7-8-26-16)12-1-2-13(14(9-12)21(23)24)20-11-17-10-18-20/h1-2,9-11H,3-8H2. The summed E-state index contributed by atoms with van der Waals surface area (Å²) in [6.45, 7) is 2.11. The maximum absolute atomic E-state index is 12.8. The highest BCUT2D eigenvalue weighted by Gasteiger charge is 2.41. The summed E-state index contributed by atoms with van der Waals surface area (Å²) in [6.07, 6.45) is 3.85. The van der Waals surface area contributed by atoms with Crippen molar-refractivity contribution in [2.45, 2.75) is 18.6 Å². The van der Waals surface area contributed by atoms with E-state index in [1.807, 2.05) is 0 Å². The van der Waals surface area contributed by atoms with Crippen molar-refractivity contribution in [3.63, 3.8) is 0 Å². The lowest BCUT2D eigenvalue weighted by atomic mass is 10.0. The van der Waals surface area contributed by atoms with E-state index >= 15 is 0 Å². The maximum atomic E-state index is 12.8. The Morgan fingerprint density at radius 3 is 2.58 bits per heavy atom. The second kappa shape index (κ2) is 6.46. The fraction of sp³-hybridized carbons (Fsp3) is 0.438. The summed E-state index contributed by atoms with van der Waals surface area (Å²) in [6, 6.07) is 4.36. The van der Waals surface area contributed by atoms with E-state index in [1.54, 1.807) is 11.0 Å². The van der Waals surface area contributed by atoms with E-state index in [9.17, 15) is 14.9 Å². The lowest BCUT2D eigenvalue weighted by Gasteiger charge is -2.37. The van der Waals surface area contributed by atoms with Crippen LogP contribution in [-0.2, 0) is 9.47 Å². The number of carbonyl (C=O) groups is 1. The molecule has 10 heteroatoms. The van der Waals surface area contributed by atoms with Crippen molar-refractivity contribution in [2.75, 3.05) is 26.3 Å². The summed E-state index contributed by atoms with van der Waals surface area (Å²) < 4.78 is 12.6. The highest BCUT2D eigenvalue weighted by Crippen LogP contribution is 2.32. The van der Waals surface area contributed by atoms with Crippen LogP contribution in [0.1, 0.15) is 23.2 Å². The van der Waals surface area contributed by atoms with Crippen molar-refractivity contribution in [2.24, 2.45) is 0 Å². The largest absolute Gasteiger partial charge is 0.347 e. The zero-order valence-electron chi connectivity index (χ0n) is 13.9. The molecule has 3 heterocycles. The lowest BCUT2D eigenvalue weighted by molar-refractivity contribution is -0.384. The Morgan fingerprint density at radius 1 is 1.23 bits per heavy atom. The Kier molecular flexibility index (Phi) is 4.13. The van der Waals surface area contributed by atoms with E-state index in [1.165, 1.54) is 29.5 Å². The molecule has 10 nitrogen and oxygen atoms in total. The predicted molar refractivity (Wildman–Crippen MR) is 87.8 cm³/mol. The normalized spacial score (nSPS) is 19.0. The monoisotopic (exact) mass is 359 g/mol. The first-order chi connectivity index (χ1) is 12.6. The van der Waals surface area contributed by atoms with Crippen LogP contribution >= 0.6 is 0 Å². The summed E-state index contributed by atoms with van der Waals surface area (Å²) in [4.78, 5) is 29.1. The Hall–Kier alpha value is -2.85. The summed E-state index contributed by atoms with van der Waals surface area (Å²) >= 11 is 0. The number of nitro benzene ring substituents is 1. The molecule has 1 aromatic carbocycles. The number of nitrogens with zero attached hydrogens (tertiary/aromatic N) is 5. The van der Waals surface area contributed by atoms with E-state index in [0.717, 1.165) is 0 Å². The molecule has 2 saturated heterocycles. The quantitative estimate of drug-likeness (QED) is 0.597. The van der Waals surface area contributed by atoms with Crippen molar-refractivity contribution in [3.05, 3.63) is 46.5 Å². The third-order valence-corrected chi connectivity index (χ3v) is 4.71. The molecule has 0 saturated carbocycles. The zero-order chi connectivity index (χ0) is 18.1. The molecule has 0 bridgehead atoms. The second-order valence-electron chi connectivity index (χ2n) is 6.20. The molecule has 0 atom stereocenters. The molecule has 1 aromatic heterocycles. The molecule has 1 spiro atoms. The highest BCUT2D eigenvalue weighted by molar-refractivity contribution is 5.95. The molecule has 0 radical (unpaired) electrons. The van der Waals surface area contributed by atoms with Gasteiger partial charge in [0.2, 0.25) is 0 Å².